The van der Waals surface area contributed by atoms with Gasteiger partial charge in [-0.25, -0.2) is 4.98 Å². The molecule has 1 aliphatic carbocycles. The minimum Gasteiger partial charge on any atom is -0.368 e. The van der Waals surface area contributed by atoms with Gasteiger partial charge in [0.1, 0.15) is 5.82 Å². The first-order chi connectivity index (χ1) is 18.6. The van der Waals surface area contributed by atoms with Crippen LogP contribution in [0.4, 0.5) is 5.82 Å². The Bertz CT molecular complexity index is 1290. The molecule has 12 nitrogen and oxygen atoms in total. The number of hydrogen-bond donors (Lipinski definition) is 2. The van der Waals surface area contributed by atoms with Gasteiger partial charge in [0.2, 0.25) is 17.6 Å². The van der Waals surface area contributed by atoms with E-state index in [9.17, 15) is 9.59 Å². The summed E-state index contributed by atoms with van der Waals surface area (Å²) in [6.45, 7) is 4.81. The highest BCUT2D eigenvalue weighted by molar-refractivity contribution is 5.86. The molecule has 4 heterocycles. The van der Waals surface area contributed by atoms with Crippen molar-refractivity contribution >= 4 is 17.6 Å². The summed E-state index contributed by atoms with van der Waals surface area (Å²) >= 11 is 0. The Hall–Kier alpha value is -4.19. The van der Waals surface area contributed by atoms with Gasteiger partial charge in [-0.05, 0) is 25.6 Å². The van der Waals surface area contributed by atoms with E-state index in [-0.39, 0.29) is 24.2 Å². The second kappa shape index (κ2) is 11.9. The van der Waals surface area contributed by atoms with Crippen LogP contribution in [0.25, 0.3) is 11.4 Å². The number of carbonyl (C=O) groups is 2. The second-order valence-electron chi connectivity index (χ2n) is 9.37. The number of anilines is 1. The van der Waals surface area contributed by atoms with Crippen LogP contribution in [0, 0.1) is 5.92 Å². The minimum atomic E-state index is -0.374. The zero-order valence-corrected chi connectivity index (χ0v) is 21.3. The third-order valence-corrected chi connectivity index (χ3v) is 6.65. The number of likely N-dealkylation sites (N-methyl/N-ethyl adjacent to an activating group) is 1. The maximum absolute atomic E-state index is 12.3. The highest BCUT2D eigenvalue weighted by Gasteiger charge is 2.27. The van der Waals surface area contributed by atoms with Crippen molar-refractivity contribution in [2.75, 3.05) is 51.2 Å². The van der Waals surface area contributed by atoms with Crippen molar-refractivity contribution in [3.05, 3.63) is 59.9 Å². The van der Waals surface area contributed by atoms with Crippen molar-refractivity contribution in [2.24, 2.45) is 16.1 Å². The number of pyridine rings is 1. The number of nitrogens with one attached hydrogen (secondary N) is 2. The molecule has 0 spiro atoms. The SMILES string of the molecule is CN1CCN(c2ncccc2-c2noc(CCC(=O)NCCCNC3=C4C=CC=CC4C(=O)N=N3)n2)CC1. The van der Waals surface area contributed by atoms with Gasteiger partial charge in [-0.15, -0.1) is 10.2 Å². The number of azo groups is 1. The van der Waals surface area contributed by atoms with Gasteiger partial charge in [-0.2, -0.15) is 4.98 Å². The molecule has 1 saturated heterocycles. The van der Waals surface area contributed by atoms with E-state index in [1.807, 2.05) is 36.4 Å². The van der Waals surface area contributed by atoms with Gasteiger partial charge in [0.25, 0.3) is 5.91 Å². The molecule has 2 aromatic heterocycles. The molecule has 0 aromatic carbocycles. The number of nitrogens with zero attached hydrogens (tertiary/aromatic N) is 7. The number of carbonyl (C=O) groups excluding carboxylic acids is 2. The van der Waals surface area contributed by atoms with Gasteiger partial charge in [0.05, 0.1) is 11.5 Å². The number of aromatic nitrogens is 3. The average molecular weight is 518 g/mol. The lowest BCUT2D eigenvalue weighted by atomic mass is 9.93. The lowest BCUT2D eigenvalue weighted by Gasteiger charge is -2.33. The lowest BCUT2D eigenvalue weighted by Crippen LogP contribution is -2.45. The molecule has 12 heteroatoms. The fourth-order valence-corrected chi connectivity index (χ4v) is 4.48. The van der Waals surface area contributed by atoms with Crippen LogP contribution >= 0.6 is 0 Å². The van der Waals surface area contributed by atoms with E-state index in [0.29, 0.717) is 43.5 Å². The van der Waals surface area contributed by atoms with E-state index in [0.717, 1.165) is 43.1 Å². The van der Waals surface area contributed by atoms with E-state index in [1.165, 1.54) is 0 Å². The third kappa shape index (κ3) is 6.02. The topological polar surface area (TPSA) is 141 Å². The predicted molar refractivity (Wildman–Crippen MR) is 140 cm³/mol. The molecule has 1 unspecified atom stereocenters. The molecule has 0 bridgehead atoms. The smallest absolute Gasteiger partial charge is 0.276 e. The van der Waals surface area contributed by atoms with Crippen LogP contribution in [0.15, 0.2) is 68.8 Å². The minimum absolute atomic E-state index is 0.0883. The highest BCUT2D eigenvalue weighted by Crippen LogP contribution is 2.28. The van der Waals surface area contributed by atoms with Crippen LogP contribution in [0.5, 0.6) is 0 Å². The number of allylic oxidation sites excluding steroid dienone is 3. The normalized spacial score (nSPS) is 19.1. The van der Waals surface area contributed by atoms with Crippen molar-refractivity contribution in [3.8, 4) is 11.4 Å². The first-order valence-corrected chi connectivity index (χ1v) is 12.8. The Kier molecular flexibility index (Phi) is 7.98. The Morgan fingerprint density at radius 3 is 2.89 bits per heavy atom. The molecule has 0 saturated carbocycles. The quantitative estimate of drug-likeness (QED) is 0.452. The standard InChI is InChI=1S/C26H31N9O3/c1-34-14-16-35(17-15-34)25-20(8-4-11-29-25)24-30-22(38-33-24)10-9-21(36)27-12-5-13-28-23-18-6-2-3-7-19(18)26(37)32-31-23/h2-4,6-8,11,19,28H,5,9-10,12-17H2,1H3,(H,27,36). The van der Waals surface area contributed by atoms with Crippen molar-refractivity contribution in [2.45, 2.75) is 19.3 Å². The van der Waals surface area contributed by atoms with Crippen molar-refractivity contribution < 1.29 is 14.1 Å². The zero-order valence-electron chi connectivity index (χ0n) is 21.3. The van der Waals surface area contributed by atoms with Crippen LogP contribution in [0.3, 0.4) is 0 Å². The number of aryl methyl sites for hydroxylation is 1. The molecule has 2 amide bonds. The van der Waals surface area contributed by atoms with Crippen molar-refractivity contribution in [3.63, 3.8) is 0 Å². The van der Waals surface area contributed by atoms with Crippen LogP contribution in [-0.4, -0.2) is 78.2 Å². The Labute approximate surface area is 220 Å². The first kappa shape index (κ1) is 25.5. The first-order valence-electron chi connectivity index (χ1n) is 12.8. The van der Waals surface area contributed by atoms with E-state index < -0.39 is 0 Å². The van der Waals surface area contributed by atoms with Gasteiger partial charge >= 0.3 is 0 Å². The fourth-order valence-electron chi connectivity index (χ4n) is 4.48. The van der Waals surface area contributed by atoms with Crippen LogP contribution in [0.2, 0.25) is 0 Å². The number of amides is 2. The van der Waals surface area contributed by atoms with E-state index in [2.05, 4.69) is 52.8 Å². The molecular formula is C26H31N9O3. The molecule has 2 N–H and O–H groups in total. The van der Waals surface area contributed by atoms with Gasteiger partial charge < -0.3 is 25.0 Å². The molecule has 0 radical (unpaired) electrons. The third-order valence-electron chi connectivity index (χ3n) is 6.65. The predicted octanol–water partition coefficient (Wildman–Crippen LogP) is 1.86. The molecule has 5 rings (SSSR count). The Morgan fingerprint density at radius 1 is 1.16 bits per heavy atom. The molecule has 1 fully saturated rings. The summed E-state index contributed by atoms with van der Waals surface area (Å²) in [5, 5.41) is 18.0. The Morgan fingerprint density at radius 2 is 2.03 bits per heavy atom. The van der Waals surface area contributed by atoms with Gasteiger partial charge in [-0.3, -0.25) is 9.59 Å². The molecule has 198 valence electrons. The number of hydrogen-bond acceptors (Lipinski definition) is 10. The van der Waals surface area contributed by atoms with Crippen LogP contribution in [-0.2, 0) is 16.0 Å². The maximum Gasteiger partial charge on any atom is 0.276 e. The van der Waals surface area contributed by atoms with E-state index >= 15 is 0 Å². The van der Waals surface area contributed by atoms with Crippen LogP contribution in [0.1, 0.15) is 18.7 Å². The lowest BCUT2D eigenvalue weighted by molar-refractivity contribution is -0.121. The maximum atomic E-state index is 12.3. The summed E-state index contributed by atoms with van der Waals surface area (Å²) in [6, 6.07) is 3.81. The van der Waals surface area contributed by atoms with Crippen molar-refractivity contribution in [1.29, 1.82) is 0 Å². The molecule has 38 heavy (non-hydrogen) atoms. The molecule has 3 aliphatic rings. The van der Waals surface area contributed by atoms with Crippen LogP contribution < -0.4 is 15.5 Å². The summed E-state index contributed by atoms with van der Waals surface area (Å²) in [6.07, 6.45) is 10.5. The molecule has 2 aromatic rings. The second-order valence-corrected chi connectivity index (χ2v) is 9.37. The van der Waals surface area contributed by atoms with E-state index in [1.54, 1.807) is 6.20 Å². The molecular weight excluding hydrogens is 486 g/mol. The molecule has 1 atom stereocenters. The summed E-state index contributed by atoms with van der Waals surface area (Å²) in [5.41, 5.74) is 1.64. The van der Waals surface area contributed by atoms with E-state index in [4.69, 9.17) is 4.52 Å². The fraction of sp³-hybridized carbons (Fsp3) is 0.423. The van der Waals surface area contributed by atoms with Gasteiger partial charge in [0.15, 0.2) is 5.82 Å². The zero-order chi connectivity index (χ0) is 26.3. The van der Waals surface area contributed by atoms with Gasteiger partial charge in [0, 0.05) is 63.9 Å². The number of rotatable bonds is 10. The number of fused-ring (bicyclic) bond motifs is 1. The summed E-state index contributed by atoms with van der Waals surface area (Å²) in [4.78, 5) is 37.8. The largest absolute Gasteiger partial charge is 0.368 e. The van der Waals surface area contributed by atoms with Crippen molar-refractivity contribution in [1.82, 2.24) is 30.7 Å². The summed E-state index contributed by atoms with van der Waals surface area (Å²) < 4.78 is 5.43. The highest BCUT2D eigenvalue weighted by atomic mass is 16.5. The molecule has 2 aliphatic heterocycles. The average Bonchev–Trinajstić information content (AvgIpc) is 3.42. The summed E-state index contributed by atoms with van der Waals surface area (Å²) in [5.74, 6) is 1.62. The number of piperazine rings is 1. The monoisotopic (exact) mass is 517 g/mol. The van der Waals surface area contributed by atoms with Gasteiger partial charge in [-0.1, -0.05) is 29.5 Å². The Balaban J connectivity index is 1.06. The summed E-state index contributed by atoms with van der Waals surface area (Å²) in [7, 11) is 2.11.